The largest absolute Gasteiger partial charge is 0.384 e. The highest BCUT2D eigenvalue weighted by Gasteiger charge is 2.20. The minimum absolute atomic E-state index is 0.112. The van der Waals surface area contributed by atoms with Crippen LogP contribution in [0.2, 0.25) is 0 Å². The summed E-state index contributed by atoms with van der Waals surface area (Å²) >= 11 is 0. The van der Waals surface area contributed by atoms with Crippen LogP contribution in [0.15, 0.2) is 18.5 Å². The first-order valence-corrected chi connectivity index (χ1v) is 6.80. The van der Waals surface area contributed by atoms with Crippen LogP contribution in [-0.2, 0) is 0 Å². The van der Waals surface area contributed by atoms with Crippen molar-refractivity contribution in [3.05, 3.63) is 24.0 Å². The second kappa shape index (κ2) is 6.38. The summed E-state index contributed by atoms with van der Waals surface area (Å²) in [6.45, 7) is 4.74. The lowest BCUT2D eigenvalue weighted by molar-refractivity contribution is 0.0725. The van der Waals surface area contributed by atoms with Crippen LogP contribution in [0.3, 0.4) is 0 Å². The van der Waals surface area contributed by atoms with E-state index in [4.69, 9.17) is 0 Å². The molecule has 0 atom stereocenters. The van der Waals surface area contributed by atoms with Gasteiger partial charge in [-0.25, -0.2) is 0 Å². The van der Waals surface area contributed by atoms with Crippen LogP contribution >= 0.6 is 0 Å². The summed E-state index contributed by atoms with van der Waals surface area (Å²) in [4.78, 5) is 18.5. The third-order valence-corrected chi connectivity index (χ3v) is 3.26. The Labute approximate surface area is 108 Å². The summed E-state index contributed by atoms with van der Waals surface area (Å²) in [6.07, 6.45) is 7.91. The van der Waals surface area contributed by atoms with Gasteiger partial charge in [0.25, 0.3) is 5.91 Å². The van der Waals surface area contributed by atoms with Crippen molar-refractivity contribution >= 4 is 11.6 Å². The molecule has 0 radical (unpaired) electrons. The van der Waals surface area contributed by atoms with Crippen molar-refractivity contribution < 1.29 is 4.79 Å². The van der Waals surface area contributed by atoms with Crippen molar-refractivity contribution in [2.75, 3.05) is 25.0 Å². The molecule has 1 aliphatic rings. The Bertz CT molecular complexity index is 400. The van der Waals surface area contributed by atoms with Gasteiger partial charge in [0.2, 0.25) is 0 Å². The molecule has 0 bridgehead atoms. The average molecular weight is 247 g/mol. The smallest absolute Gasteiger partial charge is 0.257 e. The molecular formula is C14H21N3O. The van der Waals surface area contributed by atoms with Gasteiger partial charge >= 0.3 is 0 Å². The third-order valence-electron chi connectivity index (χ3n) is 3.26. The zero-order valence-electron chi connectivity index (χ0n) is 11.0. The molecule has 4 heteroatoms. The number of carbonyl (C=O) groups excluding carboxylic acids is 1. The molecule has 98 valence electrons. The van der Waals surface area contributed by atoms with Gasteiger partial charge in [0, 0.05) is 32.0 Å². The summed E-state index contributed by atoms with van der Waals surface area (Å²) in [5, 5.41) is 3.30. The van der Waals surface area contributed by atoms with E-state index in [0.29, 0.717) is 5.56 Å². The molecule has 0 spiro atoms. The normalized spacial score (nSPS) is 15.5. The minimum Gasteiger partial charge on any atom is -0.384 e. The number of carbonyl (C=O) groups is 1. The maximum absolute atomic E-state index is 12.4. The van der Waals surface area contributed by atoms with E-state index in [1.165, 1.54) is 6.42 Å². The monoisotopic (exact) mass is 247 g/mol. The van der Waals surface area contributed by atoms with Crippen molar-refractivity contribution in [1.82, 2.24) is 9.88 Å². The first-order chi connectivity index (χ1) is 8.83. The highest BCUT2D eigenvalue weighted by atomic mass is 16.2. The number of hydrogen-bond acceptors (Lipinski definition) is 3. The number of hydrogen-bond donors (Lipinski definition) is 1. The number of likely N-dealkylation sites (tertiary alicyclic amines) is 1. The van der Waals surface area contributed by atoms with Crippen LogP contribution in [0.5, 0.6) is 0 Å². The predicted molar refractivity (Wildman–Crippen MR) is 72.8 cm³/mol. The van der Waals surface area contributed by atoms with E-state index in [1.54, 1.807) is 12.4 Å². The number of pyridine rings is 1. The molecule has 2 rings (SSSR count). The maximum atomic E-state index is 12.4. The summed E-state index contributed by atoms with van der Waals surface area (Å²) in [7, 11) is 0. The molecule has 1 amide bonds. The second-order valence-electron chi connectivity index (χ2n) is 4.70. The first kappa shape index (κ1) is 12.9. The molecule has 1 saturated heterocycles. The molecule has 1 aliphatic heterocycles. The van der Waals surface area contributed by atoms with Gasteiger partial charge in [0.15, 0.2) is 0 Å². The number of piperidine rings is 1. The van der Waals surface area contributed by atoms with E-state index in [2.05, 4.69) is 17.2 Å². The van der Waals surface area contributed by atoms with Gasteiger partial charge in [-0.2, -0.15) is 0 Å². The zero-order valence-corrected chi connectivity index (χ0v) is 11.0. The van der Waals surface area contributed by atoms with Gasteiger partial charge in [-0.3, -0.25) is 9.78 Å². The van der Waals surface area contributed by atoms with Gasteiger partial charge in [-0.1, -0.05) is 6.92 Å². The van der Waals surface area contributed by atoms with Crippen molar-refractivity contribution in [3.63, 3.8) is 0 Å². The third kappa shape index (κ3) is 3.00. The molecule has 0 aromatic carbocycles. The van der Waals surface area contributed by atoms with Crippen molar-refractivity contribution in [3.8, 4) is 0 Å². The van der Waals surface area contributed by atoms with Gasteiger partial charge in [-0.15, -0.1) is 0 Å². The topological polar surface area (TPSA) is 45.2 Å². The molecule has 18 heavy (non-hydrogen) atoms. The molecule has 0 unspecified atom stereocenters. The Morgan fingerprint density at radius 2 is 2.17 bits per heavy atom. The molecule has 4 nitrogen and oxygen atoms in total. The lowest BCUT2D eigenvalue weighted by atomic mass is 10.1. The Hall–Kier alpha value is -1.58. The van der Waals surface area contributed by atoms with Crippen LogP contribution in [-0.4, -0.2) is 35.4 Å². The van der Waals surface area contributed by atoms with Crippen molar-refractivity contribution in [1.29, 1.82) is 0 Å². The lowest BCUT2D eigenvalue weighted by Crippen LogP contribution is -2.36. The summed E-state index contributed by atoms with van der Waals surface area (Å²) in [6, 6.07) is 1.88. The summed E-state index contributed by atoms with van der Waals surface area (Å²) < 4.78 is 0. The zero-order chi connectivity index (χ0) is 12.8. The minimum atomic E-state index is 0.112. The molecule has 0 aliphatic carbocycles. The Morgan fingerprint density at radius 1 is 1.39 bits per heavy atom. The van der Waals surface area contributed by atoms with Crippen molar-refractivity contribution in [2.45, 2.75) is 32.6 Å². The van der Waals surface area contributed by atoms with Gasteiger partial charge in [-0.05, 0) is 31.7 Å². The quantitative estimate of drug-likeness (QED) is 0.889. The second-order valence-corrected chi connectivity index (χ2v) is 4.70. The predicted octanol–water partition coefficient (Wildman–Crippen LogP) is 2.53. The molecule has 2 heterocycles. The summed E-state index contributed by atoms with van der Waals surface area (Å²) in [5.41, 5.74) is 1.61. The lowest BCUT2D eigenvalue weighted by Gasteiger charge is -2.27. The Kier molecular flexibility index (Phi) is 4.56. The molecule has 1 aromatic heterocycles. The SMILES string of the molecule is CCCNc1ccncc1C(=O)N1CCCCC1. The number of anilines is 1. The average Bonchev–Trinajstić information content (AvgIpc) is 2.45. The highest BCUT2D eigenvalue weighted by molar-refractivity contribution is 5.99. The fourth-order valence-electron chi connectivity index (χ4n) is 2.25. The first-order valence-electron chi connectivity index (χ1n) is 6.80. The van der Waals surface area contributed by atoms with Crippen LogP contribution in [0.25, 0.3) is 0 Å². The molecule has 1 aromatic rings. The van der Waals surface area contributed by atoms with Crippen LogP contribution < -0.4 is 5.32 Å². The highest BCUT2D eigenvalue weighted by Crippen LogP contribution is 2.18. The van der Waals surface area contributed by atoms with Crippen LogP contribution in [0, 0.1) is 0 Å². The van der Waals surface area contributed by atoms with Crippen LogP contribution in [0.4, 0.5) is 5.69 Å². The van der Waals surface area contributed by atoms with E-state index in [1.807, 2.05) is 11.0 Å². The van der Waals surface area contributed by atoms with Gasteiger partial charge in [0.1, 0.15) is 0 Å². The Balaban J connectivity index is 2.12. The molecule has 0 saturated carbocycles. The molecule has 1 N–H and O–H groups in total. The van der Waals surface area contributed by atoms with E-state index in [0.717, 1.165) is 44.6 Å². The maximum Gasteiger partial charge on any atom is 0.257 e. The number of amides is 1. The standard InChI is InChI=1S/C14H21N3O/c1-2-7-16-13-6-8-15-11-12(13)14(18)17-9-4-3-5-10-17/h6,8,11H,2-5,7,9-10H2,1H3,(H,15,16). The van der Waals surface area contributed by atoms with E-state index in [-0.39, 0.29) is 5.91 Å². The van der Waals surface area contributed by atoms with Gasteiger partial charge < -0.3 is 10.2 Å². The van der Waals surface area contributed by atoms with Crippen molar-refractivity contribution in [2.24, 2.45) is 0 Å². The Morgan fingerprint density at radius 3 is 2.89 bits per heavy atom. The number of nitrogens with one attached hydrogen (secondary N) is 1. The number of aromatic nitrogens is 1. The fourth-order valence-corrected chi connectivity index (χ4v) is 2.25. The molecule has 1 fully saturated rings. The van der Waals surface area contributed by atoms with E-state index < -0.39 is 0 Å². The summed E-state index contributed by atoms with van der Waals surface area (Å²) in [5.74, 6) is 0.112. The van der Waals surface area contributed by atoms with E-state index in [9.17, 15) is 4.79 Å². The van der Waals surface area contributed by atoms with Crippen LogP contribution in [0.1, 0.15) is 43.0 Å². The number of rotatable bonds is 4. The number of nitrogens with zero attached hydrogens (tertiary/aromatic N) is 2. The van der Waals surface area contributed by atoms with E-state index >= 15 is 0 Å². The fraction of sp³-hybridized carbons (Fsp3) is 0.571. The van der Waals surface area contributed by atoms with Gasteiger partial charge in [0.05, 0.1) is 11.3 Å². The molecular weight excluding hydrogens is 226 g/mol.